The zero-order chi connectivity index (χ0) is 13.1. The molecule has 2 heteroatoms. The fourth-order valence-electron chi connectivity index (χ4n) is 3.98. The zero-order valence-electron chi connectivity index (χ0n) is 12.6. The molecule has 4 atom stereocenters. The van der Waals surface area contributed by atoms with E-state index in [4.69, 9.17) is 5.73 Å². The van der Waals surface area contributed by atoms with Crippen LogP contribution < -0.4 is 5.73 Å². The van der Waals surface area contributed by atoms with Crippen molar-refractivity contribution in [1.29, 1.82) is 0 Å². The molecule has 106 valence electrons. The van der Waals surface area contributed by atoms with Crippen molar-refractivity contribution in [3.05, 3.63) is 0 Å². The molecule has 0 aromatic rings. The minimum atomic E-state index is 0.417. The summed E-state index contributed by atoms with van der Waals surface area (Å²) in [6, 6.07) is 1.81. The topological polar surface area (TPSA) is 29.3 Å². The van der Waals surface area contributed by atoms with Crippen LogP contribution in [0.15, 0.2) is 0 Å². The van der Waals surface area contributed by atoms with Crippen molar-refractivity contribution in [1.82, 2.24) is 4.90 Å². The third-order valence-corrected chi connectivity index (χ3v) is 5.38. The highest BCUT2D eigenvalue weighted by Gasteiger charge is 2.35. The van der Waals surface area contributed by atoms with Crippen LogP contribution in [-0.4, -0.2) is 29.6 Å². The van der Waals surface area contributed by atoms with Crippen molar-refractivity contribution < 1.29 is 0 Å². The Balaban J connectivity index is 2.03. The largest absolute Gasteiger partial charge is 0.326 e. The summed E-state index contributed by atoms with van der Waals surface area (Å²) in [5.41, 5.74) is 6.44. The Labute approximate surface area is 113 Å². The lowest BCUT2D eigenvalue weighted by Gasteiger charge is -2.44. The first kappa shape index (κ1) is 14.3. The fourth-order valence-corrected chi connectivity index (χ4v) is 3.98. The Morgan fingerprint density at radius 2 is 1.83 bits per heavy atom. The molecule has 2 fully saturated rings. The SMILES string of the molecule is CC(C)C1CCC(N)C(N2CCCCCC2C)C1. The lowest BCUT2D eigenvalue weighted by atomic mass is 9.76. The summed E-state index contributed by atoms with van der Waals surface area (Å²) in [4.78, 5) is 2.76. The van der Waals surface area contributed by atoms with Crippen LogP contribution in [0.4, 0.5) is 0 Å². The van der Waals surface area contributed by atoms with Gasteiger partial charge in [0.25, 0.3) is 0 Å². The molecule has 2 N–H and O–H groups in total. The Morgan fingerprint density at radius 3 is 2.56 bits per heavy atom. The monoisotopic (exact) mass is 252 g/mol. The average molecular weight is 252 g/mol. The molecule has 0 bridgehead atoms. The average Bonchev–Trinajstić information content (AvgIpc) is 2.54. The number of likely N-dealkylation sites (tertiary alicyclic amines) is 1. The molecular formula is C16H32N2. The lowest BCUT2D eigenvalue weighted by molar-refractivity contribution is 0.0689. The first-order valence-electron chi connectivity index (χ1n) is 8.11. The van der Waals surface area contributed by atoms with Crippen molar-refractivity contribution in [3.63, 3.8) is 0 Å². The van der Waals surface area contributed by atoms with E-state index in [0.717, 1.165) is 17.9 Å². The molecule has 1 saturated carbocycles. The highest BCUT2D eigenvalue weighted by molar-refractivity contribution is 4.92. The second kappa shape index (κ2) is 6.38. The molecular weight excluding hydrogens is 220 g/mol. The minimum Gasteiger partial charge on any atom is -0.326 e. The molecule has 4 unspecified atom stereocenters. The molecule has 0 amide bonds. The minimum absolute atomic E-state index is 0.417. The van der Waals surface area contributed by atoms with E-state index >= 15 is 0 Å². The zero-order valence-corrected chi connectivity index (χ0v) is 12.6. The van der Waals surface area contributed by atoms with Gasteiger partial charge in [-0.05, 0) is 57.4 Å². The molecule has 1 heterocycles. The summed E-state index contributed by atoms with van der Waals surface area (Å²) in [5, 5.41) is 0. The van der Waals surface area contributed by atoms with E-state index in [1.165, 1.54) is 51.5 Å². The van der Waals surface area contributed by atoms with Crippen LogP contribution in [0.2, 0.25) is 0 Å². The van der Waals surface area contributed by atoms with E-state index in [-0.39, 0.29) is 0 Å². The predicted molar refractivity (Wildman–Crippen MR) is 78.6 cm³/mol. The molecule has 0 spiro atoms. The molecule has 18 heavy (non-hydrogen) atoms. The van der Waals surface area contributed by atoms with Gasteiger partial charge in [-0.2, -0.15) is 0 Å². The van der Waals surface area contributed by atoms with Gasteiger partial charge < -0.3 is 5.73 Å². The van der Waals surface area contributed by atoms with Gasteiger partial charge in [0.1, 0.15) is 0 Å². The van der Waals surface area contributed by atoms with Gasteiger partial charge in [0.15, 0.2) is 0 Å². The van der Waals surface area contributed by atoms with E-state index in [9.17, 15) is 0 Å². The van der Waals surface area contributed by atoms with Crippen LogP contribution in [0.1, 0.15) is 65.7 Å². The second-order valence-corrected chi connectivity index (χ2v) is 6.98. The summed E-state index contributed by atoms with van der Waals surface area (Å²) in [7, 11) is 0. The van der Waals surface area contributed by atoms with Gasteiger partial charge in [0.05, 0.1) is 0 Å². The van der Waals surface area contributed by atoms with Crippen LogP contribution in [0.3, 0.4) is 0 Å². The van der Waals surface area contributed by atoms with Gasteiger partial charge >= 0.3 is 0 Å². The molecule has 1 saturated heterocycles. The van der Waals surface area contributed by atoms with E-state index in [0.29, 0.717) is 12.1 Å². The van der Waals surface area contributed by atoms with Gasteiger partial charge in [0, 0.05) is 18.1 Å². The summed E-state index contributed by atoms with van der Waals surface area (Å²) in [6.45, 7) is 8.45. The second-order valence-electron chi connectivity index (χ2n) is 6.98. The summed E-state index contributed by atoms with van der Waals surface area (Å²) >= 11 is 0. The molecule has 2 rings (SSSR count). The maximum absolute atomic E-state index is 6.44. The third-order valence-electron chi connectivity index (χ3n) is 5.38. The van der Waals surface area contributed by atoms with Crippen LogP contribution in [-0.2, 0) is 0 Å². The standard InChI is InChI=1S/C16H32N2/c1-12(2)14-8-9-15(17)16(11-14)18-10-6-4-5-7-13(18)3/h12-16H,4-11,17H2,1-3H3. The van der Waals surface area contributed by atoms with Crippen molar-refractivity contribution >= 4 is 0 Å². The van der Waals surface area contributed by atoms with Crippen molar-refractivity contribution in [2.45, 2.75) is 83.8 Å². The maximum atomic E-state index is 6.44. The number of hydrogen-bond acceptors (Lipinski definition) is 2. The Bertz CT molecular complexity index is 251. The summed E-state index contributed by atoms with van der Waals surface area (Å²) < 4.78 is 0. The number of hydrogen-bond donors (Lipinski definition) is 1. The molecule has 0 aromatic carbocycles. The third kappa shape index (κ3) is 3.27. The van der Waals surface area contributed by atoms with Gasteiger partial charge in [0.2, 0.25) is 0 Å². The lowest BCUT2D eigenvalue weighted by Crippen LogP contribution is -2.54. The smallest absolute Gasteiger partial charge is 0.0252 e. The van der Waals surface area contributed by atoms with Crippen LogP contribution in [0.25, 0.3) is 0 Å². The van der Waals surface area contributed by atoms with Gasteiger partial charge in [-0.3, -0.25) is 4.90 Å². The quantitative estimate of drug-likeness (QED) is 0.816. The van der Waals surface area contributed by atoms with Gasteiger partial charge in [-0.1, -0.05) is 26.7 Å². The van der Waals surface area contributed by atoms with Gasteiger partial charge in [-0.25, -0.2) is 0 Å². The molecule has 0 radical (unpaired) electrons. The number of rotatable bonds is 2. The van der Waals surface area contributed by atoms with Crippen molar-refractivity contribution in [2.24, 2.45) is 17.6 Å². The molecule has 0 aromatic heterocycles. The van der Waals surface area contributed by atoms with Crippen molar-refractivity contribution in [2.75, 3.05) is 6.54 Å². The van der Waals surface area contributed by atoms with E-state index in [1.54, 1.807) is 0 Å². The van der Waals surface area contributed by atoms with Crippen molar-refractivity contribution in [3.8, 4) is 0 Å². The van der Waals surface area contributed by atoms with Crippen LogP contribution in [0.5, 0.6) is 0 Å². The Kier molecular flexibility index (Phi) is 5.08. The maximum Gasteiger partial charge on any atom is 0.0252 e. The summed E-state index contributed by atoms with van der Waals surface area (Å²) in [5.74, 6) is 1.72. The first-order valence-corrected chi connectivity index (χ1v) is 8.11. The van der Waals surface area contributed by atoms with Gasteiger partial charge in [-0.15, -0.1) is 0 Å². The summed E-state index contributed by atoms with van der Waals surface area (Å²) in [6.07, 6.45) is 9.48. The highest BCUT2D eigenvalue weighted by atomic mass is 15.2. The first-order chi connectivity index (χ1) is 8.59. The van der Waals surface area contributed by atoms with E-state index in [2.05, 4.69) is 25.7 Å². The normalized spacial score (nSPS) is 39.8. The van der Waals surface area contributed by atoms with Crippen LogP contribution in [0, 0.1) is 11.8 Å². The number of nitrogens with zero attached hydrogens (tertiary/aromatic N) is 1. The highest BCUT2D eigenvalue weighted by Crippen LogP contribution is 2.34. The molecule has 2 aliphatic rings. The molecule has 2 nitrogen and oxygen atoms in total. The predicted octanol–water partition coefficient (Wildman–Crippen LogP) is 3.40. The van der Waals surface area contributed by atoms with E-state index in [1.807, 2.05) is 0 Å². The molecule has 1 aliphatic heterocycles. The van der Waals surface area contributed by atoms with Crippen LogP contribution >= 0.6 is 0 Å². The molecule has 1 aliphatic carbocycles. The fraction of sp³-hybridized carbons (Fsp3) is 1.00. The Morgan fingerprint density at radius 1 is 1.06 bits per heavy atom. The Hall–Kier alpha value is -0.0800. The van der Waals surface area contributed by atoms with E-state index < -0.39 is 0 Å². The number of nitrogens with two attached hydrogens (primary N) is 1.